The minimum absolute atomic E-state index is 0.0138. The molecule has 0 saturated carbocycles. The van der Waals surface area contributed by atoms with Gasteiger partial charge in [-0.25, -0.2) is 0 Å². The molecular weight excluding hydrogens is 324 g/mol. The molecule has 1 N–H and O–H groups in total. The lowest BCUT2D eigenvalue weighted by Crippen LogP contribution is -2.34. The first-order chi connectivity index (χ1) is 12.6. The highest BCUT2D eigenvalue weighted by Gasteiger charge is 2.35. The van der Waals surface area contributed by atoms with Crippen LogP contribution >= 0.6 is 0 Å². The largest absolute Gasteiger partial charge is 0.356 e. The molecule has 3 rings (SSSR count). The number of benzene rings is 2. The molecule has 0 radical (unpaired) electrons. The zero-order valence-electron chi connectivity index (χ0n) is 15.5. The molecule has 0 aromatic heterocycles. The maximum absolute atomic E-state index is 12.5. The van der Waals surface area contributed by atoms with E-state index in [0.717, 1.165) is 29.7 Å². The van der Waals surface area contributed by atoms with Crippen LogP contribution in [0.2, 0.25) is 0 Å². The molecule has 1 aliphatic heterocycles. The fraction of sp³-hybridized carbons (Fsp3) is 0.364. The highest BCUT2D eigenvalue weighted by molar-refractivity contribution is 6.01. The van der Waals surface area contributed by atoms with Crippen LogP contribution in [-0.4, -0.2) is 24.9 Å². The minimum Gasteiger partial charge on any atom is -0.356 e. The quantitative estimate of drug-likeness (QED) is 0.812. The molecule has 1 saturated heterocycles. The monoisotopic (exact) mass is 350 g/mol. The van der Waals surface area contributed by atoms with E-state index < -0.39 is 0 Å². The lowest BCUT2D eigenvalue weighted by atomic mass is 10.1. The number of nitrogens with one attached hydrogen (secondary N) is 1. The summed E-state index contributed by atoms with van der Waals surface area (Å²) in [6.07, 6.45) is 2.13. The number of hydrogen-bond acceptors (Lipinski definition) is 2. The number of aryl methyl sites for hydroxylation is 3. The summed E-state index contributed by atoms with van der Waals surface area (Å²) >= 11 is 0. The zero-order chi connectivity index (χ0) is 18.5. The number of rotatable bonds is 6. The second-order valence-corrected chi connectivity index (χ2v) is 7.03. The number of carbonyl (C=O) groups is 2. The predicted octanol–water partition coefficient (Wildman–Crippen LogP) is 3.41. The Morgan fingerprint density at radius 1 is 1.08 bits per heavy atom. The van der Waals surface area contributed by atoms with Crippen LogP contribution in [0.4, 0.5) is 5.69 Å². The molecule has 26 heavy (non-hydrogen) atoms. The Morgan fingerprint density at radius 2 is 1.77 bits per heavy atom. The summed E-state index contributed by atoms with van der Waals surface area (Å²) < 4.78 is 0. The Labute approximate surface area is 155 Å². The fourth-order valence-corrected chi connectivity index (χ4v) is 3.62. The number of nitrogens with zero attached hydrogens (tertiary/aromatic N) is 1. The molecule has 1 aliphatic rings. The topological polar surface area (TPSA) is 49.4 Å². The Bertz CT molecular complexity index is 766. The Kier molecular flexibility index (Phi) is 5.71. The zero-order valence-corrected chi connectivity index (χ0v) is 15.5. The first kappa shape index (κ1) is 18.2. The number of carbonyl (C=O) groups excluding carboxylic acids is 2. The summed E-state index contributed by atoms with van der Waals surface area (Å²) in [5.74, 6) is -0.245. The van der Waals surface area contributed by atoms with E-state index in [1.165, 1.54) is 5.56 Å². The second kappa shape index (κ2) is 8.17. The van der Waals surface area contributed by atoms with Gasteiger partial charge in [0, 0.05) is 25.2 Å². The van der Waals surface area contributed by atoms with Crippen molar-refractivity contribution in [1.82, 2.24) is 5.32 Å². The lowest BCUT2D eigenvalue weighted by molar-refractivity contribution is -0.126. The van der Waals surface area contributed by atoms with Gasteiger partial charge in [0.2, 0.25) is 11.8 Å². The first-order valence-electron chi connectivity index (χ1n) is 9.24. The smallest absolute Gasteiger partial charge is 0.227 e. The molecule has 4 nitrogen and oxygen atoms in total. The van der Waals surface area contributed by atoms with Crippen molar-refractivity contribution in [3.8, 4) is 0 Å². The standard InChI is InChI=1S/C22H26N2O2/c1-16-8-6-9-17(2)21(16)24-15-19(14-20(24)25)22(26)23-13-7-12-18-10-4-3-5-11-18/h3-6,8-11,19H,7,12-15H2,1-2H3,(H,23,26). The summed E-state index contributed by atoms with van der Waals surface area (Å²) in [6, 6.07) is 16.3. The van der Waals surface area contributed by atoms with Crippen molar-refractivity contribution in [2.45, 2.75) is 33.1 Å². The van der Waals surface area contributed by atoms with Crippen LogP contribution in [0.5, 0.6) is 0 Å². The van der Waals surface area contributed by atoms with E-state index in [9.17, 15) is 9.59 Å². The summed E-state index contributed by atoms with van der Waals surface area (Å²) in [4.78, 5) is 26.7. The van der Waals surface area contributed by atoms with Crippen LogP contribution in [0.1, 0.15) is 29.5 Å². The molecule has 0 spiro atoms. The molecule has 2 aromatic carbocycles. The van der Waals surface area contributed by atoms with Crippen molar-refractivity contribution in [2.24, 2.45) is 5.92 Å². The van der Waals surface area contributed by atoms with Crippen molar-refractivity contribution < 1.29 is 9.59 Å². The fourth-order valence-electron chi connectivity index (χ4n) is 3.62. The van der Waals surface area contributed by atoms with Crippen LogP contribution in [0, 0.1) is 19.8 Å². The van der Waals surface area contributed by atoms with E-state index in [-0.39, 0.29) is 24.2 Å². The van der Waals surface area contributed by atoms with Crippen molar-refractivity contribution in [1.29, 1.82) is 0 Å². The predicted molar refractivity (Wildman–Crippen MR) is 104 cm³/mol. The van der Waals surface area contributed by atoms with Gasteiger partial charge in [0.1, 0.15) is 0 Å². The molecule has 0 bridgehead atoms. The van der Waals surface area contributed by atoms with Gasteiger partial charge in [-0.3, -0.25) is 9.59 Å². The van der Waals surface area contributed by atoms with Gasteiger partial charge in [-0.2, -0.15) is 0 Å². The molecule has 1 heterocycles. The van der Waals surface area contributed by atoms with Gasteiger partial charge < -0.3 is 10.2 Å². The van der Waals surface area contributed by atoms with E-state index in [2.05, 4.69) is 17.4 Å². The Morgan fingerprint density at radius 3 is 2.46 bits per heavy atom. The van der Waals surface area contributed by atoms with Crippen LogP contribution in [-0.2, 0) is 16.0 Å². The summed E-state index contributed by atoms with van der Waals surface area (Å²) in [6.45, 7) is 5.12. The van der Waals surface area contributed by atoms with Crippen LogP contribution in [0.25, 0.3) is 0 Å². The van der Waals surface area contributed by atoms with Crippen molar-refractivity contribution in [3.05, 3.63) is 65.2 Å². The maximum Gasteiger partial charge on any atom is 0.227 e. The molecule has 1 unspecified atom stereocenters. The van der Waals surface area contributed by atoms with Crippen molar-refractivity contribution in [3.63, 3.8) is 0 Å². The van der Waals surface area contributed by atoms with Crippen molar-refractivity contribution >= 4 is 17.5 Å². The van der Waals surface area contributed by atoms with Gasteiger partial charge in [0.15, 0.2) is 0 Å². The highest BCUT2D eigenvalue weighted by Crippen LogP contribution is 2.30. The summed E-state index contributed by atoms with van der Waals surface area (Å²) in [5.41, 5.74) is 4.38. The number of hydrogen-bond donors (Lipinski definition) is 1. The third-order valence-electron chi connectivity index (χ3n) is 4.99. The summed E-state index contributed by atoms with van der Waals surface area (Å²) in [7, 11) is 0. The average molecular weight is 350 g/mol. The normalized spacial score (nSPS) is 16.8. The third kappa shape index (κ3) is 4.13. The van der Waals surface area contributed by atoms with Gasteiger partial charge in [0.05, 0.1) is 5.92 Å². The van der Waals surface area contributed by atoms with Crippen molar-refractivity contribution in [2.75, 3.05) is 18.0 Å². The van der Waals surface area contributed by atoms with Gasteiger partial charge in [-0.15, -0.1) is 0 Å². The van der Waals surface area contributed by atoms with Gasteiger partial charge in [-0.1, -0.05) is 48.5 Å². The SMILES string of the molecule is Cc1cccc(C)c1N1CC(C(=O)NCCCc2ccccc2)CC1=O. The molecule has 2 aromatic rings. The van der Waals surface area contributed by atoms with Crippen LogP contribution in [0.3, 0.4) is 0 Å². The molecular formula is C22H26N2O2. The Hall–Kier alpha value is -2.62. The minimum atomic E-state index is -0.266. The second-order valence-electron chi connectivity index (χ2n) is 7.03. The molecule has 1 fully saturated rings. The average Bonchev–Trinajstić information content (AvgIpc) is 3.01. The molecule has 0 aliphatic carbocycles. The molecule has 1 atom stereocenters. The number of para-hydroxylation sites is 1. The van der Waals surface area contributed by atoms with Crippen LogP contribution in [0.15, 0.2) is 48.5 Å². The third-order valence-corrected chi connectivity index (χ3v) is 4.99. The van der Waals surface area contributed by atoms with E-state index in [1.807, 2.05) is 50.2 Å². The summed E-state index contributed by atoms with van der Waals surface area (Å²) in [5, 5.41) is 3.00. The molecule has 136 valence electrons. The van der Waals surface area contributed by atoms with Crippen LogP contribution < -0.4 is 10.2 Å². The van der Waals surface area contributed by atoms with E-state index in [0.29, 0.717) is 13.1 Å². The van der Waals surface area contributed by atoms with E-state index >= 15 is 0 Å². The highest BCUT2D eigenvalue weighted by atomic mass is 16.2. The van der Waals surface area contributed by atoms with Gasteiger partial charge in [-0.05, 0) is 43.4 Å². The number of amides is 2. The number of anilines is 1. The first-order valence-corrected chi connectivity index (χ1v) is 9.24. The molecule has 4 heteroatoms. The molecule has 2 amide bonds. The van der Waals surface area contributed by atoms with Gasteiger partial charge >= 0.3 is 0 Å². The van der Waals surface area contributed by atoms with E-state index in [1.54, 1.807) is 4.90 Å². The Balaban J connectivity index is 1.52. The maximum atomic E-state index is 12.5. The van der Waals surface area contributed by atoms with Gasteiger partial charge in [0.25, 0.3) is 0 Å². The van der Waals surface area contributed by atoms with E-state index in [4.69, 9.17) is 0 Å². The lowest BCUT2D eigenvalue weighted by Gasteiger charge is -2.21.